The molecule has 0 radical (unpaired) electrons. The molecule has 1 rings (SSSR count). The van der Waals surface area contributed by atoms with Gasteiger partial charge in [-0.15, -0.1) is 0 Å². The van der Waals surface area contributed by atoms with E-state index >= 15 is 0 Å². The topological polar surface area (TPSA) is 55.1 Å². The minimum atomic E-state index is -0.335. The van der Waals surface area contributed by atoms with Gasteiger partial charge in [0, 0.05) is 12.1 Å². The Morgan fingerprint density at radius 3 is 2.65 bits per heavy atom. The van der Waals surface area contributed by atoms with E-state index in [1.807, 2.05) is 0 Å². The van der Waals surface area contributed by atoms with Crippen LogP contribution in [0.3, 0.4) is 0 Å². The molecule has 3 N–H and O–H groups in total. The van der Waals surface area contributed by atoms with Gasteiger partial charge in [-0.2, -0.15) is 0 Å². The fraction of sp³-hybridized carbons (Fsp3) is 0.462. The van der Waals surface area contributed by atoms with E-state index in [1.54, 1.807) is 0 Å². The van der Waals surface area contributed by atoms with E-state index in [0.717, 1.165) is 12.8 Å². The molecule has 0 aromatic heterocycles. The summed E-state index contributed by atoms with van der Waals surface area (Å²) in [6.45, 7) is 3.38. The van der Waals surface area contributed by atoms with Crippen molar-refractivity contribution in [3.05, 3.63) is 35.6 Å². The molecule has 0 aliphatic carbocycles. The standard InChI is InChI=1S/C13H19FN2O/c1-10(9-15)3-2-8-16-13(17)11-4-6-12(14)7-5-11/h4-7,10H,2-3,8-9,15H2,1H3,(H,16,17). The van der Waals surface area contributed by atoms with Crippen molar-refractivity contribution in [1.82, 2.24) is 5.32 Å². The minimum Gasteiger partial charge on any atom is -0.352 e. The molecule has 0 aliphatic heterocycles. The Balaban J connectivity index is 2.28. The van der Waals surface area contributed by atoms with Crippen molar-refractivity contribution in [1.29, 1.82) is 0 Å². The van der Waals surface area contributed by atoms with Gasteiger partial charge in [0.25, 0.3) is 5.91 Å². The molecule has 0 heterocycles. The van der Waals surface area contributed by atoms with Crippen LogP contribution in [0.15, 0.2) is 24.3 Å². The summed E-state index contributed by atoms with van der Waals surface area (Å²) < 4.78 is 12.6. The number of nitrogens with one attached hydrogen (secondary N) is 1. The van der Waals surface area contributed by atoms with E-state index in [4.69, 9.17) is 5.73 Å². The molecule has 1 amide bonds. The Labute approximate surface area is 101 Å². The fourth-order valence-electron chi connectivity index (χ4n) is 1.47. The van der Waals surface area contributed by atoms with Crippen LogP contribution in [-0.2, 0) is 0 Å². The van der Waals surface area contributed by atoms with Gasteiger partial charge in [0.2, 0.25) is 0 Å². The van der Waals surface area contributed by atoms with Gasteiger partial charge in [-0.05, 0) is 49.6 Å². The molecule has 0 spiro atoms. The van der Waals surface area contributed by atoms with Gasteiger partial charge in [0.1, 0.15) is 5.82 Å². The molecular weight excluding hydrogens is 219 g/mol. The summed E-state index contributed by atoms with van der Waals surface area (Å²) >= 11 is 0. The lowest BCUT2D eigenvalue weighted by molar-refractivity contribution is 0.0952. The Morgan fingerprint density at radius 2 is 2.06 bits per heavy atom. The zero-order valence-corrected chi connectivity index (χ0v) is 10.1. The van der Waals surface area contributed by atoms with E-state index in [-0.39, 0.29) is 11.7 Å². The number of halogens is 1. The second kappa shape index (κ2) is 7.01. The van der Waals surface area contributed by atoms with Gasteiger partial charge in [0.05, 0.1) is 0 Å². The number of benzene rings is 1. The maximum absolute atomic E-state index is 12.6. The lowest BCUT2D eigenvalue weighted by Gasteiger charge is -2.08. The minimum absolute atomic E-state index is 0.162. The van der Waals surface area contributed by atoms with Crippen molar-refractivity contribution in [3.63, 3.8) is 0 Å². The smallest absolute Gasteiger partial charge is 0.251 e. The van der Waals surface area contributed by atoms with Crippen LogP contribution >= 0.6 is 0 Å². The summed E-state index contributed by atoms with van der Waals surface area (Å²) in [5.41, 5.74) is 5.98. The van der Waals surface area contributed by atoms with Crippen molar-refractivity contribution in [2.24, 2.45) is 11.7 Å². The van der Waals surface area contributed by atoms with E-state index in [1.165, 1.54) is 24.3 Å². The van der Waals surface area contributed by atoms with Gasteiger partial charge in [-0.1, -0.05) is 6.92 Å². The van der Waals surface area contributed by atoms with E-state index in [0.29, 0.717) is 24.6 Å². The quantitative estimate of drug-likeness (QED) is 0.744. The monoisotopic (exact) mass is 238 g/mol. The summed E-state index contributed by atoms with van der Waals surface area (Å²) in [6.07, 6.45) is 1.91. The molecule has 0 fully saturated rings. The molecule has 1 unspecified atom stereocenters. The first-order valence-electron chi connectivity index (χ1n) is 5.87. The van der Waals surface area contributed by atoms with Crippen LogP contribution in [0, 0.1) is 11.7 Å². The highest BCUT2D eigenvalue weighted by atomic mass is 19.1. The Kier molecular flexibility index (Phi) is 5.63. The SMILES string of the molecule is CC(CN)CCCNC(=O)c1ccc(F)cc1. The van der Waals surface area contributed by atoms with Gasteiger partial charge in [0.15, 0.2) is 0 Å². The largest absolute Gasteiger partial charge is 0.352 e. The highest BCUT2D eigenvalue weighted by Crippen LogP contribution is 2.04. The fourth-order valence-corrected chi connectivity index (χ4v) is 1.47. The third-order valence-corrected chi connectivity index (χ3v) is 2.67. The number of carbonyl (C=O) groups excluding carboxylic acids is 1. The molecule has 0 saturated carbocycles. The average molecular weight is 238 g/mol. The van der Waals surface area contributed by atoms with Crippen LogP contribution in [-0.4, -0.2) is 19.0 Å². The molecule has 94 valence electrons. The third-order valence-electron chi connectivity index (χ3n) is 2.67. The van der Waals surface area contributed by atoms with Crippen molar-refractivity contribution < 1.29 is 9.18 Å². The number of hydrogen-bond acceptors (Lipinski definition) is 2. The van der Waals surface area contributed by atoms with Gasteiger partial charge < -0.3 is 11.1 Å². The maximum atomic E-state index is 12.6. The second-order valence-electron chi connectivity index (χ2n) is 4.25. The second-order valence-corrected chi connectivity index (χ2v) is 4.25. The maximum Gasteiger partial charge on any atom is 0.251 e. The van der Waals surface area contributed by atoms with E-state index in [9.17, 15) is 9.18 Å². The van der Waals surface area contributed by atoms with Crippen LogP contribution < -0.4 is 11.1 Å². The first kappa shape index (κ1) is 13.6. The van der Waals surface area contributed by atoms with Crippen LogP contribution in [0.5, 0.6) is 0 Å². The molecular formula is C13H19FN2O. The zero-order chi connectivity index (χ0) is 12.7. The normalized spacial score (nSPS) is 12.2. The van der Waals surface area contributed by atoms with Gasteiger partial charge >= 0.3 is 0 Å². The molecule has 1 aromatic rings. The lowest BCUT2D eigenvalue weighted by Crippen LogP contribution is -2.25. The van der Waals surface area contributed by atoms with Crippen LogP contribution in [0.25, 0.3) is 0 Å². The number of carbonyl (C=O) groups is 1. The molecule has 1 atom stereocenters. The van der Waals surface area contributed by atoms with Gasteiger partial charge in [-0.25, -0.2) is 4.39 Å². The molecule has 4 heteroatoms. The predicted molar refractivity (Wildman–Crippen MR) is 66.2 cm³/mol. The molecule has 17 heavy (non-hydrogen) atoms. The van der Waals surface area contributed by atoms with Crippen LogP contribution in [0.2, 0.25) is 0 Å². The first-order valence-corrected chi connectivity index (χ1v) is 5.87. The average Bonchev–Trinajstić information content (AvgIpc) is 2.34. The summed E-state index contributed by atoms with van der Waals surface area (Å²) in [7, 11) is 0. The molecule has 0 bridgehead atoms. The van der Waals surface area contributed by atoms with E-state index < -0.39 is 0 Å². The van der Waals surface area contributed by atoms with Crippen molar-refractivity contribution in [2.45, 2.75) is 19.8 Å². The molecule has 3 nitrogen and oxygen atoms in total. The van der Waals surface area contributed by atoms with Gasteiger partial charge in [-0.3, -0.25) is 4.79 Å². The Bertz CT molecular complexity index is 351. The van der Waals surface area contributed by atoms with Crippen molar-refractivity contribution >= 4 is 5.91 Å². The summed E-state index contributed by atoms with van der Waals surface area (Å²) in [4.78, 5) is 11.6. The third kappa shape index (κ3) is 4.95. The highest BCUT2D eigenvalue weighted by Gasteiger charge is 2.05. The summed E-state index contributed by atoms with van der Waals surface area (Å²) in [6, 6.07) is 5.52. The molecule has 0 saturated heterocycles. The Morgan fingerprint density at radius 1 is 1.41 bits per heavy atom. The number of rotatable bonds is 6. The first-order chi connectivity index (χ1) is 8.13. The Hall–Kier alpha value is -1.42. The number of nitrogens with two attached hydrogens (primary N) is 1. The van der Waals surface area contributed by atoms with E-state index in [2.05, 4.69) is 12.2 Å². The zero-order valence-electron chi connectivity index (χ0n) is 10.1. The van der Waals surface area contributed by atoms with Crippen molar-refractivity contribution in [3.8, 4) is 0 Å². The molecule has 0 aliphatic rings. The number of hydrogen-bond donors (Lipinski definition) is 2. The summed E-state index contributed by atoms with van der Waals surface area (Å²) in [5.74, 6) is -0.0126. The van der Waals surface area contributed by atoms with Crippen LogP contribution in [0.4, 0.5) is 4.39 Å². The van der Waals surface area contributed by atoms with Crippen LogP contribution in [0.1, 0.15) is 30.1 Å². The lowest BCUT2D eigenvalue weighted by atomic mass is 10.1. The van der Waals surface area contributed by atoms with Crippen molar-refractivity contribution in [2.75, 3.05) is 13.1 Å². The molecule has 1 aromatic carbocycles. The predicted octanol–water partition coefficient (Wildman–Crippen LogP) is 1.93. The highest BCUT2D eigenvalue weighted by molar-refractivity contribution is 5.94. The summed E-state index contributed by atoms with van der Waals surface area (Å²) in [5, 5.41) is 2.80. The number of amides is 1.